The van der Waals surface area contributed by atoms with Gasteiger partial charge in [0.2, 0.25) is 0 Å². The van der Waals surface area contributed by atoms with Gasteiger partial charge < -0.3 is 5.32 Å². The molecule has 0 saturated carbocycles. The molecule has 0 atom stereocenters. The highest BCUT2D eigenvalue weighted by atomic mass is 14.9. The summed E-state index contributed by atoms with van der Waals surface area (Å²) >= 11 is 0. The fourth-order valence-corrected chi connectivity index (χ4v) is 2.31. The average molecular weight is 247 g/mol. The zero-order valence-corrected chi connectivity index (χ0v) is 13.1. The first kappa shape index (κ1) is 15.2. The highest BCUT2D eigenvalue weighted by Crippen LogP contribution is 2.26. The standard InChI is InChI=1S/C17H29N/c1-12(2)18-9-8-16-13(3)10-15(11-14(16)4)17(5,6)7/h10-12,18H,8-9H2,1-7H3. The van der Waals surface area contributed by atoms with E-state index in [-0.39, 0.29) is 5.41 Å². The first-order chi connectivity index (χ1) is 8.21. The minimum absolute atomic E-state index is 0.240. The summed E-state index contributed by atoms with van der Waals surface area (Å²) in [6, 6.07) is 5.29. The lowest BCUT2D eigenvalue weighted by atomic mass is 9.83. The maximum atomic E-state index is 3.49. The molecule has 0 aromatic heterocycles. The van der Waals surface area contributed by atoms with Crippen LogP contribution in [0, 0.1) is 13.8 Å². The third-order valence-corrected chi connectivity index (χ3v) is 3.49. The van der Waals surface area contributed by atoms with Crippen LogP contribution in [0.25, 0.3) is 0 Å². The van der Waals surface area contributed by atoms with E-state index in [9.17, 15) is 0 Å². The molecule has 1 rings (SSSR count). The Hall–Kier alpha value is -0.820. The molecular formula is C17H29N. The van der Waals surface area contributed by atoms with E-state index >= 15 is 0 Å². The van der Waals surface area contributed by atoms with Crippen LogP contribution in [0.15, 0.2) is 12.1 Å². The first-order valence-corrected chi connectivity index (χ1v) is 7.06. The van der Waals surface area contributed by atoms with E-state index in [1.165, 1.54) is 22.3 Å². The first-order valence-electron chi connectivity index (χ1n) is 7.06. The summed E-state index contributed by atoms with van der Waals surface area (Å²) in [6.07, 6.45) is 1.13. The van der Waals surface area contributed by atoms with Crippen molar-refractivity contribution in [3.8, 4) is 0 Å². The van der Waals surface area contributed by atoms with Crippen LogP contribution in [0.2, 0.25) is 0 Å². The van der Waals surface area contributed by atoms with E-state index in [0.717, 1.165) is 13.0 Å². The second-order valence-corrected chi connectivity index (χ2v) is 6.70. The average Bonchev–Trinajstić information content (AvgIpc) is 2.20. The fraction of sp³-hybridized carbons (Fsp3) is 0.647. The molecule has 0 amide bonds. The Morgan fingerprint density at radius 3 is 1.94 bits per heavy atom. The van der Waals surface area contributed by atoms with E-state index in [0.29, 0.717) is 6.04 Å². The number of hydrogen-bond acceptors (Lipinski definition) is 1. The lowest BCUT2D eigenvalue weighted by Gasteiger charge is -2.22. The molecule has 102 valence electrons. The van der Waals surface area contributed by atoms with Gasteiger partial charge in [-0.1, -0.05) is 46.8 Å². The van der Waals surface area contributed by atoms with Gasteiger partial charge in [-0.05, 0) is 54.5 Å². The summed E-state index contributed by atoms with van der Waals surface area (Å²) in [4.78, 5) is 0. The maximum absolute atomic E-state index is 3.49. The van der Waals surface area contributed by atoms with Gasteiger partial charge in [0.05, 0.1) is 0 Å². The van der Waals surface area contributed by atoms with Crippen molar-refractivity contribution >= 4 is 0 Å². The van der Waals surface area contributed by atoms with E-state index in [4.69, 9.17) is 0 Å². The predicted molar refractivity (Wildman–Crippen MR) is 81.5 cm³/mol. The van der Waals surface area contributed by atoms with E-state index in [2.05, 4.69) is 65.9 Å². The zero-order chi connectivity index (χ0) is 13.9. The van der Waals surface area contributed by atoms with Crippen LogP contribution in [0.5, 0.6) is 0 Å². The van der Waals surface area contributed by atoms with Gasteiger partial charge >= 0.3 is 0 Å². The Morgan fingerprint density at radius 1 is 1.06 bits per heavy atom. The molecule has 0 aliphatic heterocycles. The molecule has 1 aromatic carbocycles. The minimum atomic E-state index is 0.240. The molecule has 0 aliphatic rings. The van der Waals surface area contributed by atoms with Crippen LogP contribution >= 0.6 is 0 Å². The third-order valence-electron chi connectivity index (χ3n) is 3.49. The van der Waals surface area contributed by atoms with Gasteiger partial charge in [-0.3, -0.25) is 0 Å². The predicted octanol–water partition coefficient (Wildman–Crippen LogP) is 4.14. The van der Waals surface area contributed by atoms with Crippen LogP contribution < -0.4 is 5.32 Å². The Labute approximate surface area is 113 Å². The maximum Gasteiger partial charge on any atom is 0.00105 e. The van der Waals surface area contributed by atoms with E-state index in [1.54, 1.807) is 0 Å². The number of aryl methyl sites for hydroxylation is 2. The smallest absolute Gasteiger partial charge is 0.00105 e. The molecular weight excluding hydrogens is 218 g/mol. The van der Waals surface area contributed by atoms with Crippen molar-refractivity contribution in [2.45, 2.75) is 66.3 Å². The van der Waals surface area contributed by atoms with Gasteiger partial charge in [0.1, 0.15) is 0 Å². The summed E-state index contributed by atoms with van der Waals surface area (Å²) in [7, 11) is 0. The molecule has 1 aromatic rings. The lowest BCUT2D eigenvalue weighted by Crippen LogP contribution is -2.25. The molecule has 0 bridgehead atoms. The minimum Gasteiger partial charge on any atom is -0.314 e. The summed E-state index contributed by atoms with van der Waals surface area (Å²) < 4.78 is 0. The van der Waals surface area contributed by atoms with Crippen LogP contribution in [0.4, 0.5) is 0 Å². The molecule has 0 unspecified atom stereocenters. The van der Waals surface area contributed by atoms with Crippen LogP contribution in [0.3, 0.4) is 0 Å². The number of benzene rings is 1. The van der Waals surface area contributed by atoms with Crippen molar-refractivity contribution in [3.05, 3.63) is 34.4 Å². The number of hydrogen-bond donors (Lipinski definition) is 1. The summed E-state index contributed by atoms with van der Waals surface area (Å²) in [5, 5.41) is 3.49. The molecule has 1 heteroatoms. The summed E-state index contributed by atoms with van der Waals surface area (Å²) in [6.45, 7) is 16.8. The van der Waals surface area contributed by atoms with Crippen LogP contribution in [-0.4, -0.2) is 12.6 Å². The molecule has 0 aliphatic carbocycles. The van der Waals surface area contributed by atoms with Gasteiger partial charge in [0, 0.05) is 6.04 Å². The Bertz CT molecular complexity index is 374. The molecule has 0 fully saturated rings. The second kappa shape index (κ2) is 5.88. The highest BCUT2D eigenvalue weighted by Gasteiger charge is 2.16. The Balaban J connectivity index is 2.88. The van der Waals surface area contributed by atoms with Crippen molar-refractivity contribution in [1.82, 2.24) is 5.32 Å². The molecule has 0 spiro atoms. The normalized spacial score (nSPS) is 12.2. The molecule has 1 N–H and O–H groups in total. The lowest BCUT2D eigenvalue weighted by molar-refractivity contribution is 0.583. The van der Waals surface area contributed by atoms with Crippen molar-refractivity contribution in [3.63, 3.8) is 0 Å². The number of rotatable bonds is 4. The van der Waals surface area contributed by atoms with Crippen LogP contribution in [-0.2, 0) is 11.8 Å². The van der Waals surface area contributed by atoms with Crippen molar-refractivity contribution in [2.75, 3.05) is 6.54 Å². The van der Waals surface area contributed by atoms with E-state index in [1.807, 2.05) is 0 Å². The van der Waals surface area contributed by atoms with Gasteiger partial charge in [-0.2, -0.15) is 0 Å². The molecule has 0 heterocycles. The van der Waals surface area contributed by atoms with Crippen molar-refractivity contribution in [2.24, 2.45) is 0 Å². The molecule has 0 radical (unpaired) electrons. The van der Waals surface area contributed by atoms with E-state index < -0.39 is 0 Å². The second-order valence-electron chi connectivity index (χ2n) is 6.70. The quantitative estimate of drug-likeness (QED) is 0.843. The summed E-state index contributed by atoms with van der Waals surface area (Å²) in [5.41, 5.74) is 6.06. The topological polar surface area (TPSA) is 12.0 Å². The summed E-state index contributed by atoms with van der Waals surface area (Å²) in [5.74, 6) is 0. The van der Waals surface area contributed by atoms with Gasteiger partial charge in [-0.15, -0.1) is 0 Å². The van der Waals surface area contributed by atoms with Gasteiger partial charge in [-0.25, -0.2) is 0 Å². The van der Waals surface area contributed by atoms with Crippen LogP contribution in [0.1, 0.15) is 56.9 Å². The Kier molecular flexibility index (Phi) is 4.98. The Morgan fingerprint density at radius 2 is 1.56 bits per heavy atom. The fourth-order valence-electron chi connectivity index (χ4n) is 2.31. The monoisotopic (exact) mass is 247 g/mol. The molecule has 0 saturated heterocycles. The number of nitrogens with one attached hydrogen (secondary N) is 1. The largest absolute Gasteiger partial charge is 0.314 e. The zero-order valence-electron chi connectivity index (χ0n) is 13.1. The highest BCUT2D eigenvalue weighted by molar-refractivity contribution is 5.40. The van der Waals surface area contributed by atoms with Gasteiger partial charge in [0.25, 0.3) is 0 Å². The van der Waals surface area contributed by atoms with Crippen molar-refractivity contribution < 1.29 is 0 Å². The molecule has 1 nitrogen and oxygen atoms in total. The van der Waals surface area contributed by atoms with Gasteiger partial charge in [0.15, 0.2) is 0 Å². The third kappa shape index (κ3) is 4.13. The molecule has 18 heavy (non-hydrogen) atoms. The SMILES string of the molecule is Cc1cc(C(C)(C)C)cc(C)c1CCNC(C)C. The van der Waals surface area contributed by atoms with Crippen molar-refractivity contribution in [1.29, 1.82) is 0 Å².